The van der Waals surface area contributed by atoms with Crippen molar-refractivity contribution in [3.8, 4) is 0 Å². The predicted octanol–water partition coefficient (Wildman–Crippen LogP) is 1.13. The zero-order valence-electron chi connectivity index (χ0n) is 12.5. The van der Waals surface area contributed by atoms with E-state index in [2.05, 4.69) is 10.3 Å². The van der Waals surface area contributed by atoms with E-state index in [1.54, 1.807) is 10.9 Å². The van der Waals surface area contributed by atoms with Crippen molar-refractivity contribution in [3.63, 3.8) is 0 Å². The highest BCUT2D eigenvalue weighted by molar-refractivity contribution is 5.69. The third-order valence-electron chi connectivity index (χ3n) is 3.09. The second kappa shape index (κ2) is 5.05. The summed E-state index contributed by atoms with van der Waals surface area (Å²) in [7, 11) is 0. The molecule has 0 unspecified atom stereocenters. The summed E-state index contributed by atoms with van der Waals surface area (Å²) in [6.07, 6.45) is 2.06. The molecule has 0 aliphatic carbocycles. The van der Waals surface area contributed by atoms with Crippen molar-refractivity contribution in [2.45, 2.75) is 51.9 Å². The SMILES string of the molecule is CCCn1nncc1C1(O)CN(C(=O)OC(C)(C)C)C1. The second-order valence-electron chi connectivity index (χ2n) is 6.21. The average molecular weight is 282 g/mol. The van der Waals surface area contributed by atoms with Crippen molar-refractivity contribution in [1.82, 2.24) is 19.9 Å². The molecule has 0 atom stereocenters. The van der Waals surface area contributed by atoms with E-state index in [4.69, 9.17) is 4.74 Å². The van der Waals surface area contributed by atoms with E-state index in [9.17, 15) is 9.90 Å². The second-order valence-corrected chi connectivity index (χ2v) is 6.21. The van der Waals surface area contributed by atoms with Crippen LogP contribution in [0.5, 0.6) is 0 Å². The Morgan fingerprint density at radius 3 is 2.70 bits per heavy atom. The van der Waals surface area contributed by atoms with Gasteiger partial charge in [0.2, 0.25) is 0 Å². The zero-order chi connectivity index (χ0) is 15.0. The Bertz CT molecular complexity index is 486. The number of hydrogen-bond donors (Lipinski definition) is 1. The highest BCUT2D eigenvalue weighted by Crippen LogP contribution is 2.32. The number of hydrogen-bond acceptors (Lipinski definition) is 5. The average Bonchev–Trinajstić information content (AvgIpc) is 2.71. The predicted molar refractivity (Wildman–Crippen MR) is 72.0 cm³/mol. The molecule has 1 amide bonds. The third kappa shape index (κ3) is 2.92. The maximum atomic E-state index is 11.9. The van der Waals surface area contributed by atoms with Gasteiger partial charge >= 0.3 is 6.09 Å². The molecule has 1 aliphatic heterocycles. The maximum absolute atomic E-state index is 11.9. The molecule has 1 fully saturated rings. The molecule has 0 saturated carbocycles. The standard InChI is InChI=1S/C13H22N4O3/c1-5-6-17-10(7-14-15-17)13(19)8-16(9-13)11(18)20-12(2,3)4/h7,19H,5-6,8-9H2,1-4H3. The molecule has 2 rings (SSSR count). The van der Waals surface area contributed by atoms with Gasteiger partial charge in [-0.15, -0.1) is 5.10 Å². The topological polar surface area (TPSA) is 80.5 Å². The van der Waals surface area contributed by atoms with Crippen LogP contribution in [0, 0.1) is 0 Å². The molecule has 112 valence electrons. The summed E-state index contributed by atoms with van der Waals surface area (Å²) >= 11 is 0. The summed E-state index contributed by atoms with van der Waals surface area (Å²) in [5.74, 6) is 0. The van der Waals surface area contributed by atoms with Crippen LogP contribution in [0.2, 0.25) is 0 Å². The number of rotatable bonds is 3. The number of aryl methyl sites for hydroxylation is 1. The van der Waals surface area contributed by atoms with Crippen molar-refractivity contribution < 1.29 is 14.6 Å². The lowest BCUT2D eigenvalue weighted by atomic mass is 9.91. The Balaban J connectivity index is 2.00. The largest absolute Gasteiger partial charge is 0.444 e. The molecule has 7 heteroatoms. The molecule has 2 heterocycles. The summed E-state index contributed by atoms with van der Waals surface area (Å²) in [4.78, 5) is 13.3. The molecular formula is C13H22N4O3. The minimum Gasteiger partial charge on any atom is -0.444 e. The summed E-state index contributed by atoms with van der Waals surface area (Å²) < 4.78 is 6.95. The van der Waals surface area contributed by atoms with E-state index < -0.39 is 17.3 Å². The van der Waals surface area contributed by atoms with E-state index >= 15 is 0 Å². The molecule has 0 radical (unpaired) electrons. The molecule has 0 spiro atoms. The lowest BCUT2D eigenvalue weighted by Crippen LogP contribution is -2.62. The highest BCUT2D eigenvalue weighted by atomic mass is 16.6. The molecule has 1 aliphatic rings. The number of amides is 1. The molecule has 7 nitrogen and oxygen atoms in total. The van der Waals surface area contributed by atoms with Crippen LogP contribution in [0.25, 0.3) is 0 Å². The Morgan fingerprint density at radius 1 is 1.50 bits per heavy atom. The molecule has 1 aromatic rings. The van der Waals surface area contributed by atoms with E-state index in [-0.39, 0.29) is 13.1 Å². The first-order chi connectivity index (χ1) is 9.25. The first-order valence-corrected chi connectivity index (χ1v) is 6.84. The van der Waals surface area contributed by atoms with E-state index in [1.807, 2.05) is 27.7 Å². The summed E-state index contributed by atoms with van der Waals surface area (Å²) in [6, 6.07) is 0. The number of aliphatic hydroxyl groups is 1. The Hall–Kier alpha value is -1.63. The van der Waals surface area contributed by atoms with Crippen molar-refractivity contribution in [3.05, 3.63) is 11.9 Å². The maximum Gasteiger partial charge on any atom is 0.410 e. The van der Waals surface area contributed by atoms with Crippen LogP contribution in [-0.2, 0) is 16.9 Å². The smallest absolute Gasteiger partial charge is 0.410 e. The number of carbonyl (C=O) groups is 1. The third-order valence-corrected chi connectivity index (χ3v) is 3.09. The van der Waals surface area contributed by atoms with Gasteiger partial charge in [-0.05, 0) is 27.2 Å². The van der Waals surface area contributed by atoms with Crippen LogP contribution in [-0.4, -0.2) is 49.8 Å². The quantitative estimate of drug-likeness (QED) is 0.898. The van der Waals surface area contributed by atoms with E-state index in [1.165, 1.54) is 4.90 Å². The normalized spacial score (nSPS) is 17.8. The molecule has 1 saturated heterocycles. The van der Waals surface area contributed by atoms with Gasteiger partial charge in [-0.25, -0.2) is 9.48 Å². The molecule has 0 bridgehead atoms. The lowest BCUT2D eigenvalue weighted by molar-refractivity contribution is -0.108. The number of nitrogens with zero attached hydrogens (tertiary/aromatic N) is 4. The number of aromatic nitrogens is 3. The van der Waals surface area contributed by atoms with Gasteiger partial charge < -0.3 is 14.7 Å². The zero-order valence-corrected chi connectivity index (χ0v) is 12.5. The first kappa shape index (κ1) is 14.8. The summed E-state index contributed by atoms with van der Waals surface area (Å²) in [5, 5.41) is 18.3. The van der Waals surface area contributed by atoms with Crippen LogP contribution in [0.3, 0.4) is 0 Å². The number of likely N-dealkylation sites (tertiary alicyclic amines) is 1. The van der Waals surface area contributed by atoms with Gasteiger partial charge in [-0.2, -0.15) is 0 Å². The van der Waals surface area contributed by atoms with Gasteiger partial charge in [0.15, 0.2) is 0 Å². The minimum absolute atomic E-state index is 0.207. The number of ether oxygens (including phenoxy) is 1. The fourth-order valence-corrected chi connectivity index (χ4v) is 2.20. The highest BCUT2D eigenvalue weighted by Gasteiger charge is 2.48. The van der Waals surface area contributed by atoms with Crippen molar-refractivity contribution in [2.24, 2.45) is 0 Å². The summed E-state index contributed by atoms with van der Waals surface area (Å²) in [6.45, 7) is 8.59. The fourth-order valence-electron chi connectivity index (χ4n) is 2.20. The lowest BCUT2D eigenvalue weighted by Gasteiger charge is -2.45. The molecular weight excluding hydrogens is 260 g/mol. The van der Waals surface area contributed by atoms with Crippen LogP contribution >= 0.6 is 0 Å². The van der Waals surface area contributed by atoms with Crippen LogP contribution < -0.4 is 0 Å². The van der Waals surface area contributed by atoms with Crippen molar-refractivity contribution in [2.75, 3.05) is 13.1 Å². The van der Waals surface area contributed by atoms with Gasteiger partial charge in [0, 0.05) is 6.54 Å². The fraction of sp³-hybridized carbons (Fsp3) is 0.769. The van der Waals surface area contributed by atoms with Crippen LogP contribution in [0.15, 0.2) is 6.20 Å². The van der Waals surface area contributed by atoms with Crippen LogP contribution in [0.4, 0.5) is 4.79 Å². The van der Waals surface area contributed by atoms with Gasteiger partial charge in [-0.3, -0.25) is 0 Å². The van der Waals surface area contributed by atoms with Gasteiger partial charge in [0.05, 0.1) is 25.0 Å². The van der Waals surface area contributed by atoms with Gasteiger partial charge in [-0.1, -0.05) is 12.1 Å². The van der Waals surface area contributed by atoms with Gasteiger partial charge in [0.25, 0.3) is 0 Å². The minimum atomic E-state index is -1.07. The Morgan fingerprint density at radius 2 is 2.15 bits per heavy atom. The first-order valence-electron chi connectivity index (χ1n) is 6.84. The van der Waals surface area contributed by atoms with Gasteiger partial charge in [0.1, 0.15) is 11.2 Å². The molecule has 1 N–H and O–H groups in total. The molecule has 20 heavy (non-hydrogen) atoms. The van der Waals surface area contributed by atoms with Crippen molar-refractivity contribution in [1.29, 1.82) is 0 Å². The Kier molecular flexibility index (Phi) is 3.73. The monoisotopic (exact) mass is 282 g/mol. The number of β-amino-alcohol motifs (C(OH)–C–C–N with tert-alkyl or cyclic N) is 1. The van der Waals surface area contributed by atoms with Crippen molar-refractivity contribution >= 4 is 6.09 Å². The summed E-state index contributed by atoms with van der Waals surface area (Å²) in [5.41, 5.74) is -0.953. The molecule has 0 aromatic carbocycles. The van der Waals surface area contributed by atoms with E-state index in [0.717, 1.165) is 6.42 Å². The number of carbonyl (C=O) groups excluding carboxylic acids is 1. The molecule has 1 aromatic heterocycles. The Labute approximate surface area is 118 Å². The van der Waals surface area contributed by atoms with E-state index in [0.29, 0.717) is 12.2 Å². The van der Waals surface area contributed by atoms with Crippen LogP contribution in [0.1, 0.15) is 39.8 Å².